The van der Waals surface area contributed by atoms with Crippen molar-refractivity contribution in [1.82, 2.24) is 0 Å². The Morgan fingerprint density at radius 3 is 2.12 bits per heavy atom. The van der Waals surface area contributed by atoms with E-state index in [0.29, 0.717) is 4.83 Å². The minimum Gasteiger partial charge on any atom is -0.0894 e. The number of rotatable bonds is 4. The quantitative estimate of drug-likeness (QED) is 0.675. The van der Waals surface area contributed by atoms with E-state index in [4.69, 9.17) is 0 Å². The highest BCUT2D eigenvalue weighted by molar-refractivity contribution is 9.09. The molecule has 0 bridgehead atoms. The topological polar surface area (TPSA) is 0 Å². The fraction of sp³-hybridized carbons (Fsp3) is 0.600. The van der Waals surface area contributed by atoms with Crippen LogP contribution in [-0.4, -0.2) is 4.83 Å². The molecule has 0 aliphatic rings. The van der Waals surface area contributed by atoms with Gasteiger partial charge in [0.15, 0.2) is 0 Å². The van der Waals surface area contributed by atoms with Crippen LogP contribution in [0.5, 0.6) is 0 Å². The van der Waals surface area contributed by atoms with Crippen LogP contribution < -0.4 is 0 Å². The molecule has 0 saturated heterocycles. The summed E-state index contributed by atoms with van der Waals surface area (Å²) in [6.45, 7) is 8.99. The third-order valence-electron chi connectivity index (χ3n) is 2.89. The Bertz CT molecular complexity index is 303. The molecular formula is C15H23Br. The lowest BCUT2D eigenvalue weighted by Crippen LogP contribution is -2.10. The Morgan fingerprint density at radius 2 is 1.69 bits per heavy atom. The third kappa shape index (κ3) is 4.69. The van der Waals surface area contributed by atoms with Crippen molar-refractivity contribution in [2.45, 2.75) is 57.2 Å². The lowest BCUT2D eigenvalue weighted by Gasteiger charge is -2.19. The molecule has 0 nitrogen and oxygen atoms in total. The highest BCUT2D eigenvalue weighted by atomic mass is 79.9. The Labute approximate surface area is 109 Å². The van der Waals surface area contributed by atoms with Gasteiger partial charge in [0.1, 0.15) is 0 Å². The van der Waals surface area contributed by atoms with Crippen molar-refractivity contribution in [3.8, 4) is 0 Å². The Hall–Kier alpha value is -0.300. The molecule has 1 unspecified atom stereocenters. The maximum Gasteiger partial charge on any atom is 0.0117 e. The highest BCUT2D eigenvalue weighted by Gasteiger charge is 2.12. The molecular weight excluding hydrogens is 260 g/mol. The van der Waals surface area contributed by atoms with Gasteiger partial charge in [-0.15, -0.1) is 0 Å². The molecule has 0 fully saturated rings. The van der Waals surface area contributed by atoms with Gasteiger partial charge in [-0.3, -0.25) is 0 Å². The summed E-state index contributed by atoms with van der Waals surface area (Å²) in [5, 5.41) is 0. The van der Waals surface area contributed by atoms with E-state index in [1.165, 1.54) is 30.4 Å². The zero-order chi connectivity index (χ0) is 12.2. The summed E-state index contributed by atoms with van der Waals surface area (Å²) in [5.41, 5.74) is 3.15. The molecule has 1 rings (SSSR count). The van der Waals surface area contributed by atoms with E-state index >= 15 is 0 Å². The van der Waals surface area contributed by atoms with E-state index in [1.807, 2.05) is 0 Å². The summed E-state index contributed by atoms with van der Waals surface area (Å²) in [6.07, 6.45) is 3.71. The van der Waals surface area contributed by atoms with Gasteiger partial charge in [-0.05, 0) is 35.8 Å². The SMILES string of the molecule is CC(Br)CCCc1ccc(C(C)(C)C)cc1. The van der Waals surface area contributed by atoms with Crippen LogP contribution in [0.4, 0.5) is 0 Å². The Kier molecular flexibility index (Phi) is 5.04. The monoisotopic (exact) mass is 282 g/mol. The van der Waals surface area contributed by atoms with Gasteiger partial charge in [-0.25, -0.2) is 0 Å². The van der Waals surface area contributed by atoms with E-state index in [-0.39, 0.29) is 5.41 Å². The number of halogens is 1. The van der Waals surface area contributed by atoms with E-state index in [0.717, 1.165) is 0 Å². The van der Waals surface area contributed by atoms with Crippen molar-refractivity contribution >= 4 is 15.9 Å². The van der Waals surface area contributed by atoms with Gasteiger partial charge in [0, 0.05) is 4.83 Å². The minimum atomic E-state index is 0.267. The molecule has 0 saturated carbocycles. The summed E-state index contributed by atoms with van der Waals surface area (Å²) in [5.74, 6) is 0. The number of aryl methyl sites for hydroxylation is 1. The summed E-state index contributed by atoms with van der Waals surface area (Å²) in [4.78, 5) is 0.640. The van der Waals surface area contributed by atoms with Crippen LogP contribution in [0.2, 0.25) is 0 Å². The molecule has 1 heteroatoms. The van der Waals surface area contributed by atoms with E-state index in [2.05, 4.69) is 67.9 Å². The van der Waals surface area contributed by atoms with Crippen LogP contribution in [-0.2, 0) is 11.8 Å². The van der Waals surface area contributed by atoms with Crippen molar-refractivity contribution in [1.29, 1.82) is 0 Å². The van der Waals surface area contributed by atoms with Crippen LogP contribution >= 0.6 is 15.9 Å². The molecule has 0 aromatic heterocycles. The van der Waals surface area contributed by atoms with Crippen molar-refractivity contribution in [3.63, 3.8) is 0 Å². The van der Waals surface area contributed by atoms with Gasteiger partial charge < -0.3 is 0 Å². The first-order chi connectivity index (χ1) is 7.39. The molecule has 0 heterocycles. The standard InChI is InChI=1S/C15H23Br/c1-12(16)6-5-7-13-8-10-14(11-9-13)15(2,3)4/h8-12H,5-7H2,1-4H3. The minimum absolute atomic E-state index is 0.267. The molecule has 90 valence electrons. The zero-order valence-corrected chi connectivity index (χ0v) is 12.5. The van der Waals surface area contributed by atoms with Crippen molar-refractivity contribution in [2.75, 3.05) is 0 Å². The van der Waals surface area contributed by atoms with Gasteiger partial charge in [-0.2, -0.15) is 0 Å². The number of alkyl halides is 1. The summed E-state index contributed by atoms with van der Waals surface area (Å²) < 4.78 is 0. The Morgan fingerprint density at radius 1 is 1.12 bits per heavy atom. The first-order valence-corrected chi connectivity index (χ1v) is 7.04. The average molecular weight is 283 g/mol. The molecule has 0 radical (unpaired) electrons. The van der Waals surface area contributed by atoms with Crippen LogP contribution in [0.15, 0.2) is 24.3 Å². The van der Waals surface area contributed by atoms with Crippen LogP contribution in [0.1, 0.15) is 51.7 Å². The van der Waals surface area contributed by atoms with Crippen molar-refractivity contribution < 1.29 is 0 Å². The highest BCUT2D eigenvalue weighted by Crippen LogP contribution is 2.22. The smallest absolute Gasteiger partial charge is 0.0117 e. The van der Waals surface area contributed by atoms with Gasteiger partial charge >= 0.3 is 0 Å². The molecule has 0 spiro atoms. The normalized spacial score (nSPS) is 13.8. The van der Waals surface area contributed by atoms with Crippen molar-refractivity contribution in [3.05, 3.63) is 35.4 Å². The first-order valence-electron chi connectivity index (χ1n) is 6.13. The number of hydrogen-bond acceptors (Lipinski definition) is 0. The number of hydrogen-bond donors (Lipinski definition) is 0. The summed E-state index contributed by atoms with van der Waals surface area (Å²) >= 11 is 3.59. The average Bonchev–Trinajstić information content (AvgIpc) is 2.16. The van der Waals surface area contributed by atoms with Crippen LogP contribution in [0.3, 0.4) is 0 Å². The third-order valence-corrected chi connectivity index (χ3v) is 3.35. The van der Waals surface area contributed by atoms with Gasteiger partial charge in [0.05, 0.1) is 0 Å². The lowest BCUT2D eigenvalue weighted by molar-refractivity contribution is 0.590. The van der Waals surface area contributed by atoms with Crippen LogP contribution in [0.25, 0.3) is 0 Å². The van der Waals surface area contributed by atoms with E-state index in [9.17, 15) is 0 Å². The second-order valence-corrected chi connectivity index (χ2v) is 7.18. The maximum absolute atomic E-state index is 3.59. The predicted molar refractivity (Wildman–Crippen MR) is 76.5 cm³/mol. The van der Waals surface area contributed by atoms with E-state index in [1.54, 1.807) is 0 Å². The molecule has 1 aromatic carbocycles. The maximum atomic E-state index is 3.59. The van der Waals surface area contributed by atoms with Crippen molar-refractivity contribution in [2.24, 2.45) is 0 Å². The molecule has 0 N–H and O–H groups in total. The van der Waals surface area contributed by atoms with Gasteiger partial charge in [-0.1, -0.05) is 67.9 Å². The molecule has 0 aliphatic heterocycles. The summed E-state index contributed by atoms with van der Waals surface area (Å²) in [6, 6.07) is 9.10. The predicted octanol–water partition coefficient (Wildman–Crippen LogP) is 5.09. The van der Waals surface area contributed by atoms with Crippen LogP contribution in [0, 0.1) is 0 Å². The van der Waals surface area contributed by atoms with Gasteiger partial charge in [0.2, 0.25) is 0 Å². The van der Waals surface area contributed by atoms with E-state index < -0.39 is 0 Å². The largest absolute Gasteiger partial charge is 0.0894 e. The fourth-order valence-corrected chi connectivity index (χ4v) is 2.08. The molecule has 16 heavy (non-hydrogen) atoms. The zero-order valence-electron chi connectivity index (χ0n) is 10.9. The second-order valence-electron chi connectivity index (χ2n) is 5.62. The van der Waals surface area contributed by atoms with Gasteiger partial charge in [0.25, 0.3) is 0 Å². The first kappa shape index (κ1) is 13.8. The molecule has 0 amide bonds. The second kappa shape index (κ2) is 5.86. The molecule has 1 atom stereocenters. The fourth-order valence-electron chi connectivity index (χ4n) is 1.76. The Balaban J connectivity index is 2.52. The number of benzene rings is 1. The molecule has 0 aliphatic carbocycles. The molecule has 1 aromatic rings. The lowest BCUT2D eigenvalue weighted by atomic mass is 9.86. The summed E-state index contributed by atoms with van der Waals surface area (Å²) in [7, 11) is 0.